The second kappa shape index (κ2) is 17.5. The minimum Gasteiger partial charge on any atom is -0.512 e. The molecule has 0 unspecified atom stereocenters. The molecule has 3 heterocycles. The zero-order valence-corrected chi connectivity index (χ0v) is 35.6. The average Bonchev–Trinajstić information content (AvgIpc) is 3.55. The molecule has 5 nitrogen and oxygen atoms in total. The zero-order valence-electron chi connectivity index (χ0n) is 32.4. The number of hydrogen-bond donors (Lipinski definition) is 1. The molecule has 51 heavy (non-hydrogen) atoms. The van der Waals surface area contributed by atoms with Gasteiger partial charge in [-0.05, 0) is 55.1 Å². The second-order valence-corrected chi connectivity index (χ2v) is 16.4. The summed E-state index contributed by atoms with van der Waals surface area (Å²) < 4.78 is 1.31. The maximum Gasteiger partial charge on any atom is 0.164 e. The van der Waals surface area contributed by atoms with Crippen molar-refractivity contribution >= 4 is 38.0 Å². The summed E-state index contributed by atoms with van der Waals surface area (Å²) >= 11 is 1.78. The molecule has 0 aliphatic rings. The third-order valence-corrected chi connectivity index (χ3v) is 11.7. The number of thiophene rings is 1. The van der Waals surface area contributed by atoms with Gasteiger partial charge in [-0.1, -0.05) is 105 Å². The Labute approximate surface area is 323 Å². The Balaban J connectivity index is 0.000000335. The molecule has 1 radical (unpaired) electrons. The number of aliphatic hydroxyl groups excluding tert-OH is 1. The summed E-state index contributed by atoms with van der Waals surface area (Å²) in [5, 5.41) is 15.9. The third-order valence-electron chi connectivity index (χ3n) is 10.6. The summed E-state index contributed by atoms with van der Waals surface area (Å²) in [6, 6.07) is 16.4. The van der Waals surface area contributed by atoms with Crippen LogP contribution in [-0.4, -0.2) is 25.8 Å². The van der Waals surface area contributed by atoms with Crippen LogP contribution >= 0.6 is 11.3 Å². The number of ketones is 1. The summed E-state index contributed by atoms with van der Waals surface area (Å²) in [6.45, 7) is 23.3. The molecule has 0 bridgehead atoms. The first-order chi connectivity index (χ1) is 23.6. The Kier molecular flexibility index (Phi) is 14.5. The topological polar surface area (TPSA) is 76.0 Å². The fraction of sp³-hybridized carbons (Fsp3) is 0.455. The molecule has 0 spiro atoms. The van der Waals surface area contributed by atoms with E-state index in [1.54, 1.807) is 17.7 Å². The number of aliphatic hydroxyl groups is 1. The Morgan fingerprint density at radius 2 is 1.51 bits per heavy atom. The van der Waals surface area contributed by atoms with Crippen molar-refractivity contribution in [3.05, 3.63) is 89.5 Å². The number of nitrogens with zero attached hydrogens (tertiary/aromatic N) is 3. The predicted octanol–water partition coefficient (Wildman–Crippen LogP) is 12.5. The van der Waals surface area contributed by atoms with E-state index in [9.17, 15) is 9.90 Å². The molecule has 3 aromatic heterocycles. The minimum atomic E-state index is -0.337. The van der Waals surface area contributed by atoms with Crippen LogP contribution in [0.25, 0.3) is 43.4 Å². The first-order valence-electron chi connectivity index (χ1n) is 18.2. The number of allylic oxidation sites excluding steroid dienone is 2. The average molecular weight is 883 g/mol. The largest absolute Gasteiger partial charge is 0.512 e. The third kappa shape index (κ3) is 9.60. The van der Waals surface area contributed by atoms with Gasteiger partial charge in [0.05, 0.1) is 5.69 Å². The summed E-state index contributed by atoms with van der Waals surface area (Å²) in [7, 11) is 0. The molecular weight excluding hydrogens is 827 g/mol. The smallest absolute Gasteiger partial charge is 0.164 e. The van der Waals surface area contributed by atoms with E-state index in [-0.39, 0.29) is 47.9 Å². The molecule has 0 fully saturated rings. The van der Waals surface area contributed by atoms with Gasteiger partial charge in [0.25, 0.3) is 0 Å². The molecule has 0 saturated carbocycles. The van der Waals surface area contributed by atoms with Crippen LogP contribution in [0.15, 0.2) is 72.3 Å². The van der Waals surface area contributed by atoms with E-state index in [1.807, 2.05) is 53.9 Å². The van der Waals surface area contributed by atoms with Gasteiger partial charge in [0, 0.05) is 76.1 Å². The van der Waals surface area contributed by atoms with Crippen molar-refractivity contribution in [2.45, 2.75) is 114 Å². The molecule has 1 N–H and O–H groups in total. The first-order valence-corrected chi connectivity index (χ1v) is 19.1. The van der Waals surface area contributed by atoms with Crippen LogP contribution < -0.4 is 0 Å². The quantitative estimate of drug-likeness (QED) is 0.0812. The second-order valence-electron chi connectivity index (χ2n) is 15.5. The van der Waals surface area contributed by atoms with Gasteiger partial charge in [0.1, 0.15) is 12.1 Å². The molecular formula is C44H56IrN3O2S-. The normalized spacial score (nSPS) is 12.5. The van der Waals surface area contributed by atoms with E-state index in [2.05, 4.69) is 97.4 Å². The molecule has 0 saturated heterocycles. The molecule has 0 amide bonds. The van der Waals surface area contributed by atoms with Gasteiger partial charge in [-0.3, -0.25) is 14.8 Å². The number of rotatable bonds is 11. The number of aromatic nitrogens is 3. The Hall–Kier alpha value is -3.25. The standard InChI is InChI=1S/C29H28N3S.C15H28O2.Ir/c1-18(2)10-21-14-30-15-23-24(16-33-28(21)23)27-13-26(31-17-32-27)20-11-19-8-6-7-9-22(19)25(12-20)29(3,4)5;1-7-14(5,8-2)12(16)11-13(17)15(6,9-3)10-4;/h6-9,12-18H,10H2,1-5H3;11,16H,7-10H2,1-6H3;/q-1;;/b;12-11-;. The Morgan fingerprint density at radius 1 is 0.882 bits per heavy atom. The number of benzene rings is 2. The molecule has 275 valence electrons. The monoisotopic (exact) mass is 883 g/mol. The van der Waals surface area contributed by atoms with Crippen LogP contribution in [0.3, 0.4) is 0 Å². The molecule has 7 heteroatoms. The predicted molar refractivity (Wildman–Crippen MR) is 213 cm³/mol. The number of fused-ring (bicyclic) bond motifs is 2. The van der Waals surface area contributed by atoms with Crippen LogP contribution in [0.1, 0.15) is 113 Å². The number of hydrogen-bond acceptors (Lipinski definition) is 6. The molecule has 5 aromatic rings. The summed E-state index contributed by atoms with van der Waals surface area (Å²) in [5.41, 5.74) is 5.96. The van der Waals surface area contributed by atoms with Crippen LogP contribution in [-0.2, 0) is 36.7 Å². The Bertz CT molecular complexity index is 1960. The molecule has 2 aromatic carbocycles. The van der Waals surface area contributed by atoms with Crippen molar-refractivity contribution in [2.75, 3.05) is 0 Å². The van der Waals surface area contributed by atoms with Gasteiger partial charge in [-0.25, -0.2) is 4.98 Å². The SMILES string of the molecule is CC(C)Cc1cncc2c(-c3cc(-c4[c-]c5ccccc5c(C(C)(C)C)c4)ncn3)csc12.CCC(C)(CC)C(=O)/C=C(\O)C(C)(CC)CC.[Ir]. The summed E-state index contributed by atoms with van der Waals surface area (Å²) in [6.07, 6.45) is 11.4. The summed E-state index contributed by atoms with van der Waals surface area (Å²) in [5.74, 6) is 0.878. The van der Waals surface area contributed by atoms with E-state index in [1.165, 1.54) is 32.7 Å². The van der Waals surface area contributed by atoms with E-state index >= 15 is 0 Å². The number of carbonyl (C=O) groups excluding carboxylic acids is 1. The van der Waals surface area contributed by atoms with E-state index in [0.29, 0.717) is 5.92 Å². The molecule has 0 aliphatic heterocycles. The number of pyridine rings is 1. The minimum absolute atomic E-state index is 0. The van der Waals surface area contributed by atoms with Crippen LogP contribution in [0.4, 0.5) is 0 Å². The fourth-order valence-corrected chi connectivity index (χ4v) is 7.17. The summed E-state index contributed by atoms with van der Waals surface area (Å²) in [4.78, 5) is 26.0. The van der Waals surface area contributed by atoms with Crippen molar-refractivity contribution in [1.29, 1.82) is 0 Å². The van der Waals surface area contributed by atoms with E-state index in [4.69, 9.17) is 0 Å². The molecule has 0 atom stereocenters. The van der Waals surface area contributed by atoms with Crippen molar-refractivity contribution in [3.8, 4) is 22.5 Å². The first kappa shape index (κ1) is 42.2. The van der Waals surface area contributed by atoms with Crippen molar-refractivity contribution < 1.29 is 30.0 Å². The van der Waals surface area contributed by atoms with E-state index < -0.39 is 0 Å². The zero-order chi connectivity index (χ0) is 36.9. The number of carbonyl (C=O) groups is 1. The van der Waals surface area contributed by atoms with Crippen LogP contribution in [0.5, 0.6) is 0 Å². The van der Waals surface area contributed by atoms with Crippen molar-refractivity contribution in [1.82, 2.24) is 15.0 Å². The fourth-order valence-electron chi connectivity index (χ4n) is 6.11. The van der Waals surface area contributed by atoms with Gasteiger partial charge in [0.2, 0.25) is 0 Å². The molecule has 0 aliphatic carbocycles. The van der Waals surface area contributed by atoms with Crippen molar-refractivity contribution in [3.63, 3.8) is 0 Å². The van der Waals surface area contributed by atoms with Gasteiger partial charge in [0.15, 0.2) is 5.78 Å². The van der Waals surface area contributed by atoms with Crippen LogP contribution in [0.2, 0.25) is 0 Å². The van der Waals surface area contributed by atoms with Crippen molar-refractivity contribution in [2.24, 2.45) is 16.7 Å². The van der Waals surface area contributed by atoms with E-state index in [0.717, 1.165) is 60.0 Å². The van der Waals surface area contributed by atoms with Gasteiger partial charge in [-0.15, -0.1) is 40.5 Å². The maximum absolute atomic E-state index is 12.2. The Morgan fingerprint density at radius 3 is 2.12 bits per heavy atom. The molecule has 5 rings (SSSR count). The van der Waals surface area contributed by atoms with Gasteiger partial charge >= 0.3 is 0 Å². The van der Waals surface area contributed by atoms with Gasteiger partial charge < -0.3 is 5.11 Å². The maximum atomic E-state index is 12.2. The van der Waals surface area contributed by atoms with Crippen LogP contribution in [0, 0.1) is 22.8 Å². The van der Waals surface area contributed by atoms with Gasteiger partial charge in [-0.2, -0.15) is 0 Å².